The molecule has 0 aromatic heterocycles. The van der Waals surface area contributed by atoms with Crippen LogP contribution in [0.1, 0.15) is 18.9 Å². The van der Waals surface area contributed by atoms with Crippen molar-refractivity contribution in [3.05, 3.63) is 28.8 Å². The molecular weight excluding hydrogens is 326 g/mol. The summed E-state index contributed by atoms with van der Waals surface area (Å²) in [6.45, 7) is 9.63. The molecule has 1 N–H and O–H groups in total. The topological polar surface area (TPSA) is 44.8 Å². The monoisotopic (exact) mass is 351 g/mol. The molecule has 2 heterocycles. The third-order valence-electron chi connectivity index (χ3n) is 4.93. The van der Waals surface area contributed by atoms with Crippen molar-refractivity contribution in [2.45, 2.75) is 32.4 Å². The largest absolute Gasteiger partial charge is 0.481 e. The van der Waals surface area contributed by atoms with Crippen molar-refractivity contribution in [1.29, 1.82) is 0 Å². The molecule has 3 rings (SSSR count). The van der Waals surface area contributed by atoms with Crippen LogP contribution in [0.5, 0.6) is 5.75 Å². The molecule has 2 fully saturated rings. The third-order valence-corrected chi connectivity index (χ3v) is 5.17. The summed E-state index contributed by atoms with van der Waals surface area (Å²) < 4.78 is 5.88. The van der Waals surface area contributed by atoms with E-state index in [1.807, 2.05) is 30.9 Å². The van der Waals surface area contributed by atoms with Crippen LogP contribution in [0.15, 0.2) is 18.2 Å². The fourth-order valence-electron chi connectivity index (χ4n) is 3.53. The molecule has 0 radical (unpaired) electrons. The van der Waals surface area contributed by atoms with Gasteiger partial charge in [-0.3, -0.25) is 9.69 Å². The summed E-state index contributed by atoms with van der Waals surface area (Å²) in [5.41, 5.74) is 0.947. The SMILES string of the molecule is Cc1cc(Cl)ccc1OC(C)C(=O)N1CCC(N2CCNCC2)C1. The Morgan fingerprint density at radius 1 is 1.33 bits per heavy atom. The van der Waals surface area contributed by atoms with Gasteiger partial charge in [-0.15, -0.1) is 0 Å². The van der Waals surface area contributed by atoms with Crippen LogP contribution >= 0.6 is 11.6 Å². The predicted molar refractivity (Wildman–Crippen MR) is 95.7 cm³/mol. The lowest BCUT2D eigenvalue weighted by atomic mass is 10.2. The van der Waals surface area contributed by atoms with Gasteiger partial charge in [0.05, 0.1) is 0 Å². The lowest BCUT2D eigenvalue weighted by Crippen LogP contribution is -2.50. The maximum absolute atomic E-state index is 12.7. The Balaban J connectivity index is 1.56. The number of ether oxygens (including phenoxy) is 1. The van der Waals surface area contributed by atoms with Crippen LogP contribution in [-0.4, -0.2) is 67.1 Å². The molecule has 1 aromatic rings. The van der Waals surface area contributed by atoms with Gasteiger partial charge in [0.2, 0.25) is 0 Å². The first-order valence-electron chi connectivity index (χ1n) is 8.71. The van der Waals surface area contributed by atoms with Crippen LogP contribution in [0.2, 0.25) is 5.02 Å². The van der Waals surface area contributed by atoms with Crippen LogP contribution in [0.25, 0.3) is 0 Å². The van der Waals surface area contributed by atoms with E-state index < -0.39 is 6.10 Å². The van der Waals surface area contributed by atoms with Gasteiger partial charge in [-0.1, -0.05) is 11.6 Å². The lowest BCUT2D eigenvalue weighted by Gasteiger charge is -2.32. The number of nitrogens with zero attached hydrogens (tertiary/aromatic N) is 2. The van der Waals surface area contributed by atoms with E-state index in [0.29, 0.717) is 11.1 Å². The summed E-state index contributed by atoms with van der Waals surface area (Å²) in [4.78, 5) is 17.1. The number of hydrogen-bond donors (Lipinski definition) is 1. The minimum Gasteiger partial charge on any atom is -0.481 e. The number of carbonyl (C=O) groups excluding carboxylic acids is 1. The molecule has 0 aliphatic carbocycles. The summed E-state index contributed by atoms with van der Waals surface area (Å²) >= 11 is 5.97. The Hall–Kier alpha value is -1.30. The fourth-order valence-corrected chi connectivity index (χ4v) is 3.76. The molecule has 5 nitrogen and oxygen atoms in total. The van der Waals surface area contributed by atoms with E-state index in [1.165, 1.54) is 0 Å². The van der Waals surface area contributed by atoms with Gasteiger partial charge in [0.15, 0.2) is 6.10 Å². The normalized spacial score (nSPS) is 23.3. The standard InChI is InChI=1S/C18H26ClN3O2/c1-13-11-15(19)3-4-17(13)24-14(2)18(23)22-8-5-16(12-22)21-9-6-20-7-10-21/h3-4,11,14,16,20H,5-10,12H2,1-2H3. The number of carbonyl (C=O) groups is 1. The molecule has 6 heteroatoms. The molecule has 132 valence electrons. The molecule has 0 bridgehead atoms. The van der Waals surface area contributed by atoms with Crippen LogP contribution in [0, 0.1) is 6.92 Å². The van der Waals surface area contributed by atoms with Crippen molar-refractivity contribution in [2.75, 3.05) is 39.3 Å². The van der Waals surface area contributed by atoms with Crippen LogP contribution in [-0.2, 0) is 4.79 Å². The summed E-state index contributed by atoms with van der Waals surface area (Å²) in [6, 6.07) is 5.96. The van der Waals surface area contributed by atoms with Gasteiger partial charge in [0, 0.05) is 50.3 Å². The number of piperazine rings is 1. The first kappa shape index (κ1) is 17.5. The summed E-state index contributed by atoms with van der Waals surface area (Å²) in [6.07, 6.45) is 0.574. The van der Waals surface area contributed by atoms with Gasteiger partial charge in [0.1, 0.15) is 5.75 Å². The average Bonchev–Trinajstić information content (AvgIpc) is 3.07. The maximum atomic E-state index is 12.7. The van der Waals surface area contributed by atoms with E-state index in [-0.39, 0.29) is 5.91 Å². The Morgan fingerprint density at radius 3 is 2.79 bits per heavy atom. The van der Waals surface area contributed by atoms with Gasteiger partial charge < -0.3 is 15.0 Å². The highest BCUT2D eigenvalue weighted by Gasteiger charge is 2.33. The van der Waals surface area contributed by atoms with Crippen molar-refractivity contribution in [3.63, 3.8) is 0 Å². The molecule has 1 amide bonds. The van der Waals surface area contributed by atoms with E-state index in [1.54, 1.807) is 6.07 Å². The highest BCUT2D eigenvalue weighted by molar-refractivity contribution is 6.30. The second-order valence-corrected chi connectivity index (χ2v) is 7.12. The Morgan fingerprint density at radius 2 is 2.08 bits per heavy atom. The molecule has 24 heavy (non-hydrogen) atoms. The van der Waals surface area contributed by atoms with E-state index >= 15 is 0 Å². The van der Waals surface area contributed by atoms with E-state index in [2.05, 4.69) is 10.2 Å². The van der Waals surface area contributed by atoms with Gasteiger partial charge in [-0.05, 0) is 44.0 Å². The zero-order valence-corrected chi connectivity index (χ0v) is 15.2. The Labute approximate surface area is 148 Å². The maximum Gasteiger partial charge on any atom is 0.263 e. The molecule has 0 spiro atoms. The van der Waals surface area contributed by atoms with Crippen LogP contribution in [0.4, 0.5) is 0 Å². The summed E-state index contributed by atoms with van der Waals surface area (Å²) in [5, 5.41) is 4.05. The number of hydrogen-bond acceptors (Lipinski definition) is 4. The van der Waals surface area contributed by atoms with E-state index in [0.717, 1.165) is 57.0 Å². The molecule has 2 aliphatic heterocycles. The number of rotatable bonds is 4. The zero-order valence-electron chi connectivity index (χ0n) is 14.4. The lowest BCUT2D eigenvalue weighted by molar-refractivity contribution is -0.137. The fraction of sp³-hybridized carbons (Fsp3) is 0.611. The summed E-state index contributed by atoms with van der Waals surface area (Å²) in [5.74, 6) is 0.792. The minimum atomic E-state index is -0.480. The van der Waals surface area contributed by atoms with E-state index in [4.69, 9.17) is 16.3 Å². The molecular formula is C18H26ClN3O2. The van der Waals surface area contributed by atoms with Crippen molar-refractivity contribution in [1.82, 2.24) is 15.1 Å². The van der Waals surface area contributed by atoms with E-state index in [9.17, 15) is 4.79 Å². The van der Waals surface area contributed by atoms with Crippen molar-refractivity contribution in [2.24, 2.45) is 0 Å². The molecule has 1 aromatic carbocycles. The highest BCUT2D eigenvalue weighted by atomic mass is 35.5. The number of likely N-dealkylation sites (tertiary alicyclic amines) is 1. The van der Waals surface area contributed by atoms with Gasteiger partial charge in [-0.25, -0.2) is 0 Å². The second kappa shape index (κ2) is 7.72. The molecule has 0 saturated carbocycles. The number of halogens is 1. The predicted octanol–water partition coefficient (Wildman–Crippen LogP) is 1.92. The van der Waals surface area contributed by atoms with Crippen LogP contribution in [0.3, 0.4) is 0 Å². The van der Waals surface area contributed by atoms with Crippen LogP contribution < -0.4 is 10.1 Å². The molecule has 2 atom stereocenters. The average molecular weight is 352 g/mol. The molecule has 2 unspecified atom stereocenters. The first-order valence-corrected chi connectivity index (χ1v) is 9.09. The van der Waals surface area contributed by atoms with Gasteiger partial charge in [-0.2, -0.15) is 0 Å². The summed E-state index contributed by atoms with van der Waals surface area (Å²) in [7, 11) is 0. The van der Waals surface area contributed by atoms with Crippen molar-refractivity contribution >= 4 is 17.5 Å². The third kappa shape index (κ3) is 4.02. The highest BCUT2D eigenvalue weighted by Crippen LogP contribution is 2.24. The molecule has 2 aliphatic rings. The van der Waals surface area contributed by atoms with Crippen molar-refractivity contribution < 1.29 is 9.53 Å². The van der Waals surface area contributed by atoms with Crippen molar-refractivity contribution in [3.8, 4) is 5.75 Å². The number of amides is 1. The Kier molecular flexibility index (Phi) is 5.64. The smallest absolute Gasteiger partial charge is 0.263 e. The first-order chi connectivity index (χ1) is 11.5. The minimum absolute atomic E-state index is 0.0713. The molecule has 2 saturated heterocycles. The number of aryl methyl sites for hydroxylation is 1. The second-order valence-electron chi connectivity index (χ2n) is 6.68. The number of benzene rings is 1. The van der Waals surface area contributed by atoms with Gasteiger partial charge >= 0.3 is 0 Å². The quantitative estimate of drug-likeness (QED) is 0.900. The Bertz CT molecular complexity index is 590. The van der Waals surface area contributed by atoms with Gasteiger partial charge in [0.25, 0.3) is 5.91 Å². The zero-order chi connectivity index (χ0) is 17.1. The number of nitrogens with one attached hydrogen (secondary N) is 1.